The molecule has 1 heterocycles. The molecule has 0 bridgehead atoms. The van der Waals surface area contributed by atoms with Gasteiger partial charge in [0.25, 0.3) is 5.91 Å². The number of ether oxygens (including phenoxy) is 3. The monoisotopic (exact) mass is 406 g/mol. The minimum atomic E-state index is -0.320. The molecule has 1 unspecified atom stereocenters. The van der Waals surface area contributed by atoms with Crippen LogP contribution >= 0.6 is 0 Å². The van der Waals surface area contributed by atoms with E-state index < -0.39 is 0 Å². The lowest BCUT2D eigenvalue weighted by Crippen LogP contribution is -2.47. The maximum absolute atomic E-state index is 12.6. The third kappa shape index (κ3) is 6.37. The highest BCUT2D eigenvalue weighted by molar-refractivity contribution is 5.86. The topological polar surface area (TPSA) is 85.4 Å². The highest BCUT2D eigenvalue weighted by Gasteiger charge is 2.30. The van der Waals surface area contributed by atoms with Gasteiger partial charge in [0, 0.05) is 20.1 Å². The normalized spacial score (nSPS) is 16.1. The van der Waals surface area contributed by atoms with Crippen molar-refractivity contribution in [1.29, 1.82) is 0 Å². The summed E-state index contributed by atoms with van der Waals surface area (Å²) in [5.74, 6) is -0.0575. The van der Waals surface area contributed by atoms with Gasteiger partial charge in [0.2, 0.25) is 5.91 Å². The number of aryl methyl sites for hydroxylation is 1. The van der Waals surface area contributed by atoms with Crippen molar-refractivity contribution in [2.75, 3.05) is 47.0 Å². The van der Waals surface area contributed by atoms with Crippen molar-refractivity contribution in [1.82, 2.24) is 9.80 Å². The lowest BCUT2D eigenvalue weighted by Gasteiger charge is -2.32. The van der Waals surface area contributed by atoms with Crippen molar-refractivity contribution in [2.45, 2.75) is 26.7 Å². The van der Waals surface area contributed by atoms with E-state index in [4.69, 9.17) is 14.2 Å². The number of nitrogens with zero attached hydrogens (tertiary/aromatic N) is 2. The Bertz CT molecular complexity index is 736. The zero-order valence-corrected chi connectivity index (χ0v) is 17.6. The number of amides is 2. The Morgan fingerprint density at radius 1 is 1.24 bits per heavy atom. The van der Waals surface area contributed by atoms with E-state index in [1.807, 2.05) is 19.1 Å². The Kier molecular flexibility index (Phi) is 8.30. The fourth-order valence-corrected chi connectivity index (χ4v) is 3.19. The van der Waals surface area contributed by atoms with Crippen LogP contribution in [-0.2, 0) is 19.1 Å². The molecule has 1 aromatic carbocycles. The second-order valence-corrected chi connectivity index (χ2v) is 7.12. The van der Waals surface area contributed by atoms with Crippen molar-refractivity contribution in [3.05, 3.63) is 23.8 Å². The fourth-order valence-electron chi connectivity index (χ4n) is 3.19. The van der Waals surface area contributed by atoms with Gasteiger partial charge in [-0.15, -0.1) is 0 Å². The van der Waals surface area contributed by atoms with Gasteiger partial charge >= 0.3 is 5.97 Å². The number of benzene rings is 1. The zero-order valence-electron chi connectivity index (χ0n) is 17.6. The van der Waals surface area contributed by atoms with Crippen molar-refractivity contribution in [3.63, 3.8) is 0 Å². The molecule has 0 radical (unpaired) electrons. The molecule has 1 saturated heterocycles. The number of hydrogen-bond donors (Lipinski definition) is 0. The lowest BCUT2D eigenvalue weighted by molar-refractivity contribution is -0.152. The molecule has 0 spiro atoms. The average molecular weight is 406 g/mol. The molecule has 1 atom stereocenters. The number of carbonyl (C=O) groups is 3. The van der Waals surface area contributed by atoms with Gasteiger partial charge < -0.3 is 24.0 Å². The van der Waals surface area contributed by atoms with Crippen LogP contribution in [0.2, 0.25) is 0 Å². The Labute approximate surface area is 171 Å². The highest BCUT2D eigenvalue weighted by atomic mass is 16.5. The molecule has 0 aromatic heterocycles. The molecule has 1 aromatic rings. The Morgan fingerprint density at radius 2 is 2.00 bits per heavy atom. The van der Waals surface area contributed by atoms with Crippen LogP contribution in [-0.4, -0.2) is 74.6 Å². The van der Waals surface area contributed by atoms with E-state index in [-0.39, 0.29) is 36.9 Å². The van der Waals surface area contributed by atoms with Crippen LogP contribution in [0.25, 0.3) is 0 Å². The Morgan fingerprint density at radius 3 is 2.69 bits per heavy atom. The number of piperidine rings is 1. The Balaban J connectivity index is 1.85. The molecule has 8 heteroatoms. The zero-order chi connectivity index (χ0) is 21.4. The van der Waals surface area contributed by atoms with Gasteiger partial charge in [-0.2, -0.15) is 0 Å². The van der Waals surface area contributed by atoms with E-state index in [9.17, 15) is 14.4 Å². The number of esters is 1. The summed E-state index contributed by atoms with van der Waals surface area (Å²) in [7, 11) is 3.10. The van der Waals surface area contributed by atoms with E-state index in [0.29, 0.717) is 37.6 Å². The van der Waals surface area contributed by atoms with Gasteiger partial charge in [-0.25, -0.2) is 0 Å². The number of likely N-dealkylation sites (N-methyl/N-ethyl adjacent to an activating group) is 1. The molecule has 2 rings (SSSR count). The molecule has 0 saturated carbocycles. The van der Waals surface area contributed by atoms with Crippen LogP contribution in [0, 0.1) is 12.8 Å². The molecule has 8 nitrogen and oxygen atoms in total. The van der Waals surface area contributed by atoms with Crippen molar-refractivity contribution < 1.29 is 28.6 Å². The molecule has 1 aliphatic rings. The van der Waals surface area contributed by atoms with E-state index in [1.165, 1.54) is 12.0 Å². The van der Waals surface area contributed by atoms with E-state index in [0.717, 1.165) is 12.0 Å². The van der Waals surface area contributed by atoms with Crippen LogP contribution in [0.5, 0.6) is 11.5 Å². The molecular formula is C21H30N2O6. The van der Waals surface area contributed by atoms with E-state index >= 15 is 0 Å². The SMILES string of the molecule is CCOC(=O)C1CCCN(C(=O)CN(C)C(=O)COc2ccc(C)cc2OC)C1. The quantitative estimate of drug-likeness (QED) is 0.610. The van der Waals surface area contributed by atoms with E-state index in [1.54, 1.807) is 24.9 Å². The smallest absolute Gasteiger partial charge is 0.310 e. The predicted molar refractivity (Wildman–Crippen MR) is 107 cm³/mol. The molecule has 1 aliphatic heterocycles. The maximum Gasteiger partial charge on any atom is 0.310 e. The van der Waals surface area contributed by atoms with Crippen LogP contribution in [0.1, 0.15) is 25.3 Å². The number of hydrogen-bond acceptors (Lipinski definition) is 6. The third-order valence-electron chi connectivity index (χ3n) is 4.86. The first kappa shape index (κ1) is 22.5. The van der Waals surface area contributed by atoms with Crippen molar-refractivity contribution in [3.8, 4) is 11.5 Å². The second-order valence-electron chi connectivity index (χ2n) is 7.12. The summed E-state index contributed by atoms with van der Waals surface area (Å²) >= 11 is 0. The van der Waals surface area contributed by atoms with Crippen LogP contribution in [0.4, 0.5) is 0 Å². The molecule has 0 N–H and O–H groups in total. The number of methoxy groups -OCH3 is 1. The van der Waals surface area contributed by atoms with Gasteiger partial charge in [0.15, 0.2) is 18.1 Å². The van der Waals surface area contributed by atoms with Crippen LogP contribution in [0.3, 0.4) is 0 Å². The average Bonchev–Trinajstić information content (AvgIpc) is 2.72. The summed E-state index contributed by atoms with van der Waals surface area (Å²) in [4.78, 5) is 39.8. The van der Waals surface area contributed by atoms with Crippen molar-refractivity contribution >= 4 is 17.8 Å². The summed E-state index contributed by atoms with van der Waals surface area (Å²) in [5, 5.41) is 0. The maximum atomic E-state index is 12.6. The van der Waals surface area contributed by atoms with Crippen LogP contribution < -0.4 is 9.47 Å². The van der Waals surface area contributed by atoms with Crippen molar-refractivity contribution in [2.24, 2.45) is 5.92 Å². The standard InChI is InChI=1S/C21H30N2O6/c1-5-28-21(26)16-7-6-10-23(12-16)19(24)13-22(3)20(25)14-29-17-9-8-15(2)11-18(17)27-4/h8-9,11,16H,5-7,10,12-14H2,1-4H3. The summed E-state index contributed by atoms with van der Waals surface area (Å²) < 4.78 is 15.9. The van der Waals surface area contributed by atoms with E-state index in [2.05, 4.69) is 0 Å². The predicted octanol–water partition coefficient (Wildman–Crippen LogP) is 1.64. The molecule has 29 heavy (non-hydrogen) atoms. The van der Waals surface area contributed by atoms with Gasteiger partial charge in [-0.1, -0.05) is 6.07 Å². The number of likely N-dealkylation sites (tertiary alicyclic amines) is 1. The minimum absolute atomic E-state index is 0.0667. The summed E-state index contributed by atoms with van der Waals surface area (Å²) in [6.07, 6.45) is 1.45. The number of rotatable bonds is 8. The van der Waals surface area contributed by atoms with Gasteiger partial charge in [0.1, 0.15) is 0 Å². The van der Waals surface area contributed by atoms with Crippen LogP contribution in [0.15, 0.2) is 18.2 Å². The first-order chi connectivity index (χ1) is 13.8. The summed E-state index contributed by atoms with van der Waals surface area (Å²) in [6.45, 7) is 4.66. The third-order valence-corrected chi connectivity index (χ3v) is 4.86. The molecule has 1 fully saturated rings. The van der Waals surface area contributed by atoms with Gasteiger partial charge in [-0.05, 0) is 44.4 Å². The first-order valence-electron chi connectivity index (χ1n) is 9.81. The largest absolute Gasteiger partial charge is 0.493 e. The summed E-state index contributed by atoms with van der Waals surface area (Å²) in [5.41, 5.74) is 1.02. The number of carbonyl (C=O) groups excluding carboxylic acids is 3. The Hall–Kier alpha value is -2.77. The minimum Gasteiger partial charge on any atom is -0.493 e. The second kappa shape index (κ2) is 10.7. The lowest BCUT2D eigenvalue weighted by atomic mass is 9.98. The molecule has 160 valence electrons. The van der Waals surface area contributed by atoms with Gasteiger partial charge in [-0.3, -0.25) is 14.4 Å². The molecule has 2 amide bonds. The summed E-state index contributed by atoms with van der Waals surface area (Å²) in [6, 6.07) is 5.44. The highest BCUT2D eigenvalue weighted by Crippen LogP contribution is 2.27. The molecule has 0 aliphatic carbocycles. The fraction of sp³-hybridized carbons (Fsp3) is 0.571. The van der Waals surface area contributed by atoms with Gasteiger partial charge in [0.05, 0.1) is 26.2 Å². The first-order valence-corrected chi connectivity index (χ1v) is 9.81. The molecular weight excluding hydrogens is 376 g/mol.